The second kappa shape index (κ2) is 27.7. The molecule has 1 aliphatic carbocycles. The first-order valence-corrected chi connectivity index (χ1v) is 33.1. The predicted octanol–water partition coefficient (Wildman–Crippen LogP) is 11.5. The number of sulfonamides is 1. The van der Waals surface area contributed by atoms with Crippen molar-refractivity contribution in [3.8, 4) is 23.3 Å². The average Bonchev–Trinajstić information content (AvgIpc) is 2.15. The second-order valence-corrected chi connectivity index (χ2v) is 27.2. The molecule has 0 radical (unpaired) electrons. The quantitative estimate of drug-likeness (QED) is 0.0163. The standard InChI is InChI=1S/C68H77ClN10O9S/c1-68(2)28-24-50(58(41-68)48-13-15-52(69)16-14-48)44-76-33-35-77(36-34-76)53-17-20-57(62(39-53)88-54-38-49-25-29-70-64(49)72-43-54)65(81)74-89(86,87)55-18-21-59(61(40-55)79(84)85)71-42-47-26-31-75(32-27-47)30-10-8-6-4-3-5-7-9-11-46-12-19-56-51(37-46)45-78(67(56)83)60-22-23-63(80)73-66(60)82/h12-21,25,29,37-40,43,47,60,71H,3-8,10,22-24,26-28,30-36,41-42,44-45H2,1-2H3,(H,70,72)(H,74,81)(H,73,80,82). The maximum atomic E-state index is 14.2. The van der Waals surface area contributed by atoms with Crippen molar-refractivity contribution in [3.05, 3.63) is 152 Å². The molecule has 6 aromatic rings. The number of amides is 4. The van der Waals surface area contributed by atoms with Crippen molar-refractivity contribution < 1.29 is 37.3 Å². The number of hydrogen-bond donors (Lipinski definition) is 4. The van der Waals surface area contributed by atoms with Crippen LogP contribution in [0, 0.1) is 33.3 Å². The molecule has 0 bridgehead atoms. The van der Waals surface area contributed by atoms with Crippen LogP contribution in [0.4, 0.5) is 17.1 Å². The van der Waals surface area contributed by atoms with E-state index in [4.69, 9.17) is 16.3 Å². The van der Waals surface area contributed by atoms with Gasteiger partial charge in [0.1, 0.15) is 28.9 Å². The summed E-state index contributed by atoms with van der Waals surface area (Å²) in [6.45, 7) is 12.3. The molecule has 0 spiro atoms. The number of piperidine rings is 2. The maximum Gasteiger partial charge on any atom is 0.293 e. The van der Waals surface area contributed by atoms with Crippen molar-refractivity contribution in [1.82, 2.24) is 34.7 Å². The van der Waals surface area contributed by atoms with E-state index in [-0.39, 0.29) is 46.6 Å². The number of hydrogen-bond acceptors (Lipinski definition) is 14. The van der Waals surface area contributed by atoms with Gasteiger partial charge in [0.2, 0.25) is 11.8 Å². The van der Waals surface area contributed by atoms with Gasteiger partial charge in [0.15, 0.2) is 0 Å². The number of rotatable bonds is 22. The number of aromatic nitrogens is 2. The molecule has 4 aliphatic heterocycles. The lowest BCUT2D eigenvalue weighted by molar-refractivity contribution is -0.384. The van der Waals surface area contributed by atoms with E-state index in [0.29, 0.717) is 49.6 Å². The monoisotopic (exact) mass is 1240 g/mol. The van der Waals surface area contributed by atoms with Gasteiger partial charge in [-0.05, 0) is 166 Å². The van der Waals surface area contributed by atoms with Crippen LogP contribution in [0.2, 0.25) is 5.02 Å². The Balaban J connectivity index is 0.630. The molecule has 3 fully saturated rings. The van der Waals surface area contributed by atoms with Crippen LogP contribution in [-0.4, -0.2) is 127 Å². The van der Waals surface area contributed by atoms with Crippen LogP contribution in [0.3, 0.4) is 0 Å². The number of H-pyrrole nitrogens is 1. The minimum Gasteiger partial charge on any atom is -0.455 e. The Morgan fingerprint density at radius 1 is 0.865 bits per heavy atom. The van der Waals surface area contributed by atoms with Gasteiger partial charge in [-0.25, -0.2) is 18.1 Å². The van der Waals surface area contributed by atoms with Gasteiger partial charge in [-0.15, -0.1) is 0 Å². The number of unbranched alkanes of at least 4 members (excludes halogenated alkanes) is 6. The first kappa shape index (κ1) is 62.5. The van der Waals surface area contributed by atoms with Gasteiger partial charge in [0, 0.05) is 104 Å². The molecule has 3 saturated heterocycles. The number of ether oxygens (including phenoxy) is 1. The summed E-state index contributed by atoms with van der Waals surface area (Å²) in [5, 5.41) is 19.5. The average molecular weight is 1250 g/mol. The smallest absolute Gasteiger partial charge is 0.293 e. The minimum atomic E-state index is -4.61. The van der Waals surface area contributed by atoms with E-state index in [1.54, 1.807) is 41.4 Å². The number of carbonyl (C=O) groups excluding carboxylic acids is 4. The summed E-state index contributed by atoms with van der Waals surface area (Å²) in [5.74, 6) is 5.38. The zero-order chi connectivity index (χ0) is 62.2. The van der Waals surface area contributed by atoms with E-state index in [1.807, 2.05) is 30.3 Å². The number of halogens is 1. The van der Waals surface area contributed by atoms with Crippen LogP contribution in [-0.2, 0) is 26.2 Å². The second-order valence-electron chi connectivity index (χ2n) is 25.0. The molecule has 4 N–H and O–H groups in total. The highest BCUT2D eigenvalue weighted by atomic mass is 35.5. The predicted molar refractivity (Wildman–Crippen MR) is 344 cm³/mol. The summed E-state index contributed by atoms with van der Waals surface area (Å²) < 4.78 is 36.5. The van der Waals surface area contributed by atoms with Gasteiger partial charge in [0.05, 0.1) is 21.6 Å². The van der Waals surface area contributed by atoms with Crippen molar-refractivity contribution >= 4 is 78.9 Å². The number of allylic oxidation sites excluding steroid dienone is 1. The minimum absolute atomic E-state index is 0.0446. The molecule has 2 aromatic heterocycles. The first-order chi connectivity index (χ1) is 42.9. The van der Waals surface area contributed by atoms with Crippen molar-refractivity contribution in [1.29, 1.82) is 0 Å². The summed E-state index contributed by atoms with van der Waals surface area (Å²) in [7, 11) is -4.61. The van der Waals surface area contributed by atoms with E-state index >= 15 is 0 Å². The maximum absolute atomic E-state index is 14.2. The Morgan fingerprint density at radius 2 is 1.64 bits per heavy atom. The molecule has 4 aromatic carbocycles. The van der Waals surface area contributed by atoms with Gasteiger partial charge in [-0.1, -0.05) is 80.7 Å². The lowest BCUT2D eigenvalue weighted by atomic mass is 9.72. The number of imide groups is 1. The van der Waals surface area contributed by atoms with Crippen molar-refractivity contribution in [2.45, 2.75) is 121 Å². The fourth-order valence-electron chi connectivity index (χ4n) is 12.9. The summed E-state index contributed by atoms with van der Waals surface area (Å²) >= 11 is 6.28. The van der Waals surface area contributed by atoms with Gasteiger partial charge in [-0.3, -0.25) is 39.5 Å². The molecule has 5 aliphatic rings. The summed E-state index contributed by atoms with van der Waals surface area (Å²) in [5.41, 5.74) is 7.77. The molecule has 21 heteroatoms. The number of nitro groups is 1. The van der Waals surface area contributed by atoms with Gasteiger partial charge >= 0.3 is 0 Å². The Kier molecular flexibility index (Phi) is 19.5. The highest BCUT2D eigenvalue weighted by Crippen LogP contribution is 2.44. The summed E-state index contributed by atoms with van der Waals surface area (Å²) in [6, 6.07) is 25.5. The third kappa shape index (κ3) is 15.5. The lowest BCUT2D eigenvalue weighted by Crippen LogP contribution is -2.52. The van der Waals surface area contributed by atoms with E-state index < -0.39 is 43.4 Å². The SMILES string of the molecule is CC1(C)CCC(CN2CCN(c3ccc(C(=O)NS(=O)(=O)c4ccc(NCC5CCN(CCCCCCCCC#Cc6ccc7c(c6)CN(C6CCC(=O)NC6=O)C7=O)CC5)c([N+](=O)[O-])c4)c(Oc4cnc5[nH]ccc5c4)c3)CC2)=C(c2ccc(Cl)cc2)C1. The molecule has 11 rings (SSSR count). The van der Waals surface area contributed by atoms with Crippen LogP contribution < -0.4 is 25.0 Å². The molecule has 89 heavy (non-hydrogen) atoms. The van der Waals surface area contributed by atoms with Gasteiger partial charge in [-0.2, -0.15) is 0 Å². The Hall–Kier alpha value is -8.09. The van der Waals surface area contributed by atoms with Gasteiger partial charge < -0.3 is 29.7 Å². The number of carbonyl (C=O) groups is 4. The normalized spacial score (nSPS) is 18.4. The number of benzene rings is 4. The molecule has 4 amide bonds. The van der Waals surface area contributed by atoms with Crippen LogP contribution in [0.25, 0.3) is 16.6 Å². The van der Waals surface area contributed by atoms with Crippen LogP contribution >= 0.6 is 11.6 Å². The summed E-state index contributed by atoms with van der Waals surface area (Å²) in [6.07, 6.45) is 16.3. The fourth-order valence-corrected chi connectivity index (χ4v) is 14.0. The molecular weight excluding hydrogens is 1170 g/mol. The molecular formula is C68H77ClN10O9S. The van der Waals surface area contributed by atoms with Gasteiger partial charge in [0.25, 0.3) is 27.5 Å². The number of nitro benzene ring substituents is 1. The molecule has 6 heterocycles. The number of anilines is 2. The fraction of sp³-hybridized carbons (Fsp3) is 0.426. The number of pyridine rings is 1. The lowest BCUT2D eigenvalue weighted by Gasteiger charge is -2.39. The Morgan fingerprint density at radius 3 is 2.42 bits per heavy atom. The third-order valence-corrected chi connectivity index (χ3v) is 19.7. The number of likely N-dealkylation sites (tertiary alicyclic amines) is 1. The molecule has 19 nitrogen and oxygen atoms in total. The Bertz CT molecular complexity index is 3860. The van der Waals surface area contributed by atoms with Crippen LogP contribution in [0.15, 0.2) is 114 Å². The molecule has 466 valence electrons. The molecule has 1 atom stereocenters. The zero-order valence-corrected chi connectivity index (χ0v) is 52.2. The van der Waals surface area contributed by atoms with Crippen LogP contribution in [0.1, 0.15) is 141 Å². The van der Waals surface area contributed by atoms with Crippen molar-refractivity contribution in [2.24, 2.45) is 11.3 Å². The topological polar surface area (TPSA) is 233 Å². The number of fused-ring (bicyclic) bond motifs is 2. The summed E-state index contributed by atoms with van der Waals surface area (Å²) in [4.78, 5) is 78.8. The molecule has 0 saturated carbocycles. The first-order valence-electron chi connectivity index (χ1n) is 31.2. The van der Waals surface area contributed by atoms with E-state index in [9.17, 15) is 37.7 Å². The van der Waals surface area contributed by atoms with Crippen LogP contribution in [0.5, 0.6) is 11.5 Å². The highest BCUT2D eigenvalue weighted by molar-refractivity contribution is 7.90. The third-order valence-electron chi connectivity index (χ3n) is 18.1. The van der Waals surface area contributed by atoms with Crippen molar-refractivity contribution in [3.63, 3.8) is 0 Å². The van der Waals surface area contributed by atoms with Crippen molar-refractivity contribution in [2.75, 3.05) is 69.1 Å². The number of nitrogens with one attached hydrogen (secondary N) is 4. The molecule has 1 unspecified atom stereocenters. The van der Waals surface area contributed by atoms with E-state index in [0.717, 1.165) is 150 Å². The number of aromatic amines is 1. The zero-order valence-electron chi connectivity index (χ0n) is 50.6. The highest BCUT2D eigenvalue weighted by Gasteiger charge is 2.39. The largest absolute Gasteiger partial charge is 0.455 e. The number of piperazine rings is 1. The number of nitrogens with zero attached hydrogens (tertiary/aromatic N) is 6. The van der Waals surface area contributed by atoms with E-state index in [2.05, 4.69) is 77.8 Å². The Labute approximate surface area is 525 Å². The van der Waals surface area contributed by atoms with E-state index in [1.165, 1.54) is 35.0 Å².